The van der Waals surface area contributed by atoms with Crippen LogP contribution in [0.2, 0.25) is 5.02 Å². The summed E-state index contributed by atoms with van der Waals surface area (Å²) in [6, 6.07) is 8.27. The van der Waals surface area contributed by atoms with Crippen molar-refractivity contribution in [3.05, 3.63) is 51.2 Å². The first-order valence-corrected chi connectivity index (χ1v) is 10.3. The van der Waals surface area contributed by atoms with E-state index in [1.807, 2.05) is 18.2 Å². The predicted molar refractivity (Wildman–Crippen MR) is 111 cm³/mol. The van der Waals surface area contributed by atoms with Crippen molar-refractivity contribution in [3.63, 3.8) is 0 Å². The Balaban J connectivity index is 1.25. The number of amides is 1. The van der Waals surface area contributed by atoms with Gasteiger partial charge < -0.3 is 14.6 Å². The second-order valence-corrected chi connectivity index (χ2v) is 7.98. The standard InChI is InChI=1S/C18H18ClN5O4S/c19-12-2-1-3-14-16(12)21-18(29-14)23-10-8-22(9-11-23)7-6-20-17(25)13-4-5-15(28-13)24(26)27/h1-5H,6-11H2,(H,20,25). The molecule has 0 radical (unpaired) electrons. The summed E-state index contributed by atoms with van der Waals surface area (Å²) in [5.41, 5.74) is 0.845. The maximum Gasteiger partial charge on any atom is 0.433 e. The summed E-state index contributed by atoms with van der Waals surface area (Å²) in [6.45, 7) is 4.52. The molecule has 1 aliphatic heterocycles. The number of thiazole rings is 1. The van der Waals surface area contributed by atoms with E-state index in [9.17, 15) is 14.9 Å². The van der Waals surface area contributed by atoms with Crippen LogP contribution in [0.25, 0.3) is 10.2 Å². The van der Waals surface area contributed by atoms with E-state index in [0.29, 0.717) is 18.1 Å². The molecule has 0 bridgehead atoms. The minimum atomic E-state index is -0.671. The summed E-state index contributed by atoms with van der Waals surface area (Å²) in [7, 11) is 0. The third kappa shape index (κ3) is 4.34. The average molecular weight is 436 g/mol. The van der Waals surface area contributed by atoms with E-state index in [1.54, 1.807) is 11.3 Å². The number of nitrogens with zero attached hydrogens (tertiary/aromatic N) is 4. The Morgan fingerprint density at radius 3 is 2.76 bits per heavy atom. The van der Waals surface area contributed by atoms with Crippen molar-refractivity contribution in [2.75, 3.05) is 44.2 Å². The van der Waals surface area contributed by atoms with Gasteiger partial charge >= 0.3 is 5.88 Å². The van der Waals surface area contributed by atoms with E-state index in [0.717, 1.165) is 41.5 Å². The summed E-state index contributed by atoms with van der Waals surface area (Å²) in [5.74, 6) is -0.957. The zero-order chi connectivity index (χ0) is 20.4. The number of fused-ring (bicyclic) bond motifs is 1. The summed E-state index contributed by atoms with van der Waals surface area (Å²) in [5, 5.41) is 15.0. The molecule has 0 saturated carbocycles. The first kappa shape index (κ1) is 19.6. The monoisotopic (exact) mass is 435 g/mol. The van der Waals surface area contributed by atoms with E-state index >= 15 is 0 Å². The number of benzene rings is 1. The van der Waals surface area contributed by atoms with Crippen molar-refractivity contribution in [3.8, 4) is 0 Å². The van der Waals surface area contributed by atoms with Crippen LogP contribution in [-0.2, 0) is 0 Å². The molecule has 4 rings (SSSR count). The number of anilines is 1. The molecule has 11 heteroatoms. The van der Waals surface area contributed by atoms with E-state index in [1.165, 1.54) is 12.1 Å². The number of carbonyl (C=O) groups is 1. The molecule has 2 aromatic heterocycles. The van der Waals surface area contributed by atoms with Gasteiger partial charge in [0, 0.05) is 39.3 Å². The Labute approximate surface area is 175 Å². The fourth-order valence-corrected chi connectivity index (χ4v) is 4.48. The van der Waals surface area contributed by atoms with Crippen molar-refractivity contribution in [1.82, 2.24) is 15.2 Å². The van der Waals surface area contributed by atoms with Gasteiger partial charge in [-0.25, -0.2) is 4.98 Å². The van der Waals surface area contributed by atoms with Crippen LogP contribution in [0.5, 0.6) is 0 Å². The summed E-state index contributed by atoms with van der Waals surface area (Å²) < 4.78 is 5.98. The van der Waals surface area contributed by atoms with Crippen molar-refractivity contribution >= 4 is 50.1 Å². The second-order valence-electron chi connectivity index (χ2n) is 6.56. The van der Waals surface area contributed by atoms with Crippen LogP contribution in [0.3, 0.4) is 0 Å². The third-order valence-corrected chi connectivity index (χ3v) is 6.10. The maximum absolute atomic E-state index is 12.0. The number of hydrogen-bond donors (Lipinski definition) is 1. The lowest BCUT2D eigenvalue weighted by Gasteiger charge is -2.34. The molecular weight excluding hydrogens is 418 g/mol. The summed E-state index contributed by atoms with van der Waals surface area (Å²) >= 11 is 7.86. The Kier molecular flexibility index (Phi) is 5.65. The molecule has 0 aliphatic carbocycles. The summed E-state index contributed by atoms with van der Waals surface area (Å²) in [4.78, 5) is 31.1. The highest BCUT2D eigenvalue weighted by atomic mass is 35.5. The van der Waals surface area contributed by atoms with Crippen molar-refractivity contribution < 1.29 is 14.1 Å². The number of carbonyl (C=O) groups excluding carboxylic acids is 1. The van der Waals surface area contributed by atoms with E-state index in [4.69, 9.17) is 16.0 Å². The smallest absolute Gasteiger partial charge is 0.395 e. The number of hydrogen-bond acceptors (Lipinski definition) is 8. The van der Waals surface area contributed by atoms with Gasteiger partial charge in [0.15, 0.2) is 10.9 Å². The molecule has 29 heavy (non-hydrogen) atoms. The molecule has 0 spiro atoms. The van der Waals surface area contributed by atoms with E-state index in [2.05, 4.69) is 20.1 Å². The lowest BCUT2D eigenvalue weighted by molar-refractivity contribution is -0.402. The fourth-order valence-electron chi connectivity index (χ4n) is 3.16. The topological polar surface area (TPSA) is 105 Å². The minimum Gasteiger partial charge on any atom is -0.395 e. The number of aromatic nitrogens is 1. The molecular formula is C18H18ClN5O4S. The summed E-state index contributed by atoms with van der Waals surface area (Å²) in [6.07, 6.45) is 0. The number of nitrogens with one attached hydrogen (secondary N) is 1. The lowest BCUT2D eigenvalue weighted by Crippen LogP contribution is -2.48. The Hall–Kier alpha value is -2.69. The molecule has 1 aliphatic rings. The predicted octanol–water partition coefficient (Wildman–Crippen LogP) is 3.00. The Bertz CT molecular complexity index is 1040. The highest BCUT2D eigenvalue weighted by Crippen LogP contribution is 2.33. The molecule has 3 aromatic rings. The molecule has 1 aromatic carbocycles. The third-order valence-electron chi connectivity index (χ3n) is 4.71. The van der Waals surface area contributed by atoms with Crippen molar-refractivity contribution in [2.45, 2.75) is 0 Å². The SMILES string of the molecule is O=C(NCCN1CCN(c2nc3c(Cl)cccc3s2)CC1)c1ccc([N+](=O)[O-])o1. The number of furan rings is 1. The normalized spacial score (nSPS) is 15.0. The highest BCUT2D eigenvalue weighted by molar-refractivity contribution is 7.22. The maximum atomic E-state index is 12.0. The first-order valence-electron chi connectivity index (χ1n) is 9.06. The molecule has 1 amide bonds. The molecule has 3 heterocycles. The van der Waals surface area contributed by atoms with Crippen LogP contribution < -0.4 is 10.2 Å². The van der Waals surface area contributed by atoms with E-state index in [-0.39, 0.29) is 5.76 Å². The van der Waals surface area contributed by atoms with Crippen molar-refractivity contribution in [2.24, 2.45) is 0 Å². The van der Waals surface area contributed by atoms with Crippen LogP contribution in [-0.4, -0.2) is 60.0 Å². The largest absolute Gasteiger partial charge is 0.433 e. The number of halogens is 1. The number of nitro groups is 1. The van der Waals surface area contributed by atoms with Gasteiger partial charge in [-0.3, -0.25) is 19.8 Å². The minimum absolute atomic E-state index is 0.0592. The van der Waals surface area contributed by atoms with Gasteiger partial charge in [0.1, 0.15) is 10.4 Å². The Morgan fingerprint density at radius 2 is 2.07 bits per heavy atom. The van der Waals surface area contributed by atoms with Gasteiger partial charge in [-0.05, 0) is 18.2 Å². The van der Waals surface area contributed by atoms with Crippen LogP contribution in [0.1, 0.15) is 10.6 Å². The highest BCUT2D eigenvalue weighted by Gasteiger charge is 2.21. The van der Waals surface area contributed by atoms with Crippen LogP contribution >= 0.6 is 22.9 Å². The average Bonchev–Trinajstić information content (AvgIpc) is 3.37. The zero-order valence-electron chi connectivity index (χ0n) is 15.3. The molecule has 152 valence electrons. The second kappa shape index (κ2) is 8.36. The van der Waals surface area contributed by atoms with Gasteiger partial charge in [-0.1, -0.05) is 29.0 Å². The van der Waals surface area contributed by atoms with Gasteiger partial charge in [0.2, 0.25) is 0 Å². The first-order chi connectivity index (χ1) is 14.0. The zero-order valence-corrected chi connectivity index (χ0v) is 16.9. The van der Waals surface area contributed by atoms with Crippen molar-refractivity contribution in [1.29, 1.82) is 0 Å². The fraction of sp³-hybridized carbons (Fsp3) is 0.333. The molecule has 1 N–H and O–H groups in total. The van der Waals surface area contributed by atoms with Crippen LogP contribution in [0.4, 0.5) is 11.0 Å². The van der Waals surface area contributed by atoms with Gasteiger partial charge in [-0.2, -0.15) is 0 Å². The number of piperazine rings is 1. The van der Waals surface area contributed by atoms with Crippen LogP contribution in [0, 0.1) is 10.1 Å². The molecule has 0 unspecified atom stereocenters. The van der Waals surface area contributed by atoms with Crippen LogP contribution in [0.15, 0.2) is 34.7 Å². The quantitative estimate of drug-likeness (QED) is 0.468. The number of para-hydroxylation sites is 1. The molecule has 0 atom stereocenters. The number of rotatable bonds is 6. The molecule has 9 nitrogen and oxygen atoms in total. The Morgan fingerprint density at radius 1 is 1.28 bits per heavy atom. The molecule has 1 saturated heterocycles. The van der Waals surface area contributed by atoms with Gasteiger partial charge in [-0.15, -0.1) is 0 Å². The lowest BCUT2D eigenvalue weighted by atomic mass is 10.3. The van der Waals surface area contributed by atoms with Gasteiger partial charge in [0.05, 0.1) is 15.8 Å². The van der Waals surface area contributed by atoms with E-state index < -0.39 is 16.7 Å². The molecule has 1 fully saturated rings. The van der Waals surface area contributed by atoms with Gasteiger partial charge in [0.25, 0.3) is 5.91 Å².